The summed E-state index contributed by atoms with van der Waals surface area (Å²) in [5.74, 6) is 1.03. The summed E-state index contributed by atoms with van der Waals surface area (Å²) in [7, 11) is 0. The zero-order valence-corrected chi connectivity index (χ0v) is 9.81. The molecule has 0 radical (unpaired) electrons. The number of aromatic nitrogens is 3. The lowest BCUT2D eigenvalue weighted by molar-refractivity contribution is 0.628. The van der Waals surface area contributed by atoms with Gasteiger partial charge in [0.2, 0.25) is 5.95 Å². The summed E-state index contributed by atoms with van der Waals surface area (Å²) in [5, 5.41) is 11.0. The van der Waals surface area contributed by atoms with Crippen molar-refractivity contribution in [2.45, 2.75) is 12.8 Å². The van der Waals surface area contributed by atoms with Crippen molar-refractivity contribution in [1.29, 1.82) is 0 Å². The summed E-state index contributed by atoms with van der Waals surface area (Å²) in [4.78, 5) is 4.37. The molecule has 1 fully saturated rings. The van der Waals surface area contributed by atoms with Gasteiger partial charge in [-0.2, -0.15) is 5.10 Å². The third kappa shape index (κ3) is 2.61. The Kier molecular flexibility index (Phi) is 2.88. The van der Waals surface area contributed by atoms with Gasteiger partial charge in [-0.1, -0.05) is 0 Å². The molecule has 1 N–H and O–H groups in total. The molecule has 2 aromatic rings. The molecule has 1 aliphatic rings. The minimum atomic E-state index is -0.257. The third-order valence-corrected chi connectivity index (χ3v) is 2.94. The van der Waals surface area contributed by atoms with E-state index >= 15 is 0 Å². The molecular weight excluding hydrogens is 231 g/mol. The van der Waals surface area contributed by atoms with E-state index in [-0.39, 0.29) is 5.82 Å². The van der Waals surface area contributed by atoms with E-state index in [1.165, 1.54) is 25.0 Å². The Labute approximate surface area is 104 Å². The molecule has 0 spiro atoms. The Morgan fingerprint density at radius 2 is 2.00 bits per heavy atom. The summed E-state index contributed by atoms with van der Waals surface area (Å²) in [6.45, 7) is 0.897. The molecule has 0 amide bonds. The van der Waals surface area contributed by atoms with Crippen molar-refractivity contribution in [3.63, 3.8) is 0 Å². The number of rotatable bonds is 4. The highest BCUT2D eigenvalue weighted by atomic mass is 19.1. The van der Waals surface area contributed by atoms with Gasteiger partial charge in [0.05, 0.1) is 11.9 Å². The van der Waals surface area contributed by atoms with Gasteiger partial charge in [-0.25, -0.2) is 9.37 Å². The lowest BCUT2D eigenvalue weighted by atomic mass is 10.2. The van der Waals surface area contributed by atoms with Crippen molar-refractivity contribution in [2.24, 2.45) is 5.92 Å². The second-order valence-corrected chi connectivity index (χ2v) is 4.50. The van der Waals surface area contributed by atoms with Crippen LogP contribution in [0.1, 0.15) is 12.8 Å². The Morgan fingerprint density at radius 3 is 2.72 bits per heavy atom. The van der Waals surface area contributed by atoms with Crippen molar-refractivity contribution >= 4 is 5.95 Å². The molecule has 1 aromatic carbocycles. The second-order valence-electron chi connectivity index (χ2n) is 4.50. The molecule has 1 aromatic heterocycles. The van der Waals surface area contributed by atoms with E-state index in [0.29, 0.717) is 11.6 Å². The van der Waals surface area contributed by atoms with Crippen LogP contribution in [0.4, 0.5) is 10.3 Å². The fraction of sp³-hybridized carbons (Fsp3) is 0.308. The van der Waals surface area contributed by atoms with Crippen molar-refractivity contribution in [3.8, 4) is 11.3 Å². The van der Waals surface area contributed by atoms with E-state index in [0.717, 1.165) is 18.0 Å². The molecular formula is C13H13FN4. The normalized spacial score (nSPS) is 14.5. The van der Waals surface area contributed by atoms with Crippen LogP contribution in [0.2, 0.25) is 0 Å². The van der Waals surface area contributed by atoms with E-state index in [1.54, 1.807) is 18.3 Å². The number of anilines is 1. The van der Waals surface area contributed by atoms with Crippen LogP contribution < -0.4 is 5.32 Å². The van der Waals surface area contributed by atoms with Gasteiger partial charge in [0.15, 0.2) is 0 Å². The fourth-order valence-corrected chi connectivity index (χ4v) is 1.70. The van der Waals surface area contributed by atoms with Crippen molar-refractivity contribution < 1.29 is 4.39 Å². The number of hydrogen-bond acceptors (Lipinski definition) is 4. The maximum Gasteiger partial charge on any atom is 0.243 e. The molecule has 0 bridgehead atoms. The molecule has 92 valence electrons. The van der Waals surface area contributed by atoms with Crippen LogP contribution in [0.3, 0.4) is 0 Å². The summed E-state index contributed by atoms with van der Waals surface area (Å²) in [6, 6.07) is 6.19. The van der Waals surface area contributed by atoms with Crippen LogP contribution in [0.15, 0.2) is 30.5 Å². The number of hydrogen-bond donors (Lipinski definition) is 1. The zero-order valence-electron chi connectivity index (χ0n) is 9.81. The van der Waals surface area contributed by atoms with Gasteiger partial charge in [-0.15, -0.1) is 5.10 Å². The number of benzene rings is 1. The summed E-state index contributed by atoms with van der Waals surface area (Å²) in [6.07, 6.45) is 4.13. The maximum atomic E-state index is 12.8. The van der Waals surface area contributed by atoms with Crippen LogP contribution in [0, 0.1) is 11.7 Å². The average Bonchev–Trinajstić information content (AvgIpc) is 3.22. The van der Waals surface area contributed by atoms with E-state index < -0.39 is 0 Å². The molecule has 5 heteroatoms. The average molecular weight is 244 g/mol. The highest BCUT2D eigenvalue weighted by Gasteiger charge is 2.21. The maximum absolute atomic E-state index is 12.8. The number of halogens is 1. The quantitative estimate of drug-likeness (QED) is 0.897. The van der Waals surface area contributed by atoms with Crippen LogP contribution in [0.5, 0.6) is 0 Å². The first-order valence-electron chi connectivity index (χ1n) is 6.01. The van der Waals surface area contributed by atoms with Crippen LogP contribution in [-0.2, 0) is 0 Å². The minimum Gasteiger partial charge on any atom is -0.353 e. The van der Waals surface area contributed by atoms with E-state index in [9.17, 15) is 4.39 Å². The second kappa shape index (κ2) is 4.68. The van der Waals surface area contributed by atoms with Gasteiger partial charge in [-0.05, 0) is 43.0 Å². The first-order valence-corrected chi connectivity index (χ1v) is 6.01. The molecule has 0 atom stereocenters. The Morgan fingerprint density at radius 1 is 1.22 bits per heavy atom. The molecule has 1 saturated carbocycles. The standard InChI is InChI=1S/C13H13FN4/c14-11-5-3-10(4-6-11)12-8-16-18-13(17-12)15-7-9-1-2-9/h3-6,8-9H,1-2,7H2,(H,15,17,18). The van der Waals surface area contributed by atoms with Gasteiger partial charge < -0.3 is 5.32 Å². The molecule has 0 unspecified atom stereocenters. The minimum absolute atomic E-state index is 0.257. The lowest BCUT2D eigenvalue weighted by Crippen LogP contribution is -2.08. The van der Waals surface area contributed by atoms with Crippen molar-refractivity contribution in [3.05, 3.63) is 36.3 Å². The van der Waals surface area contributed by atoms with E-state index in [1.807, 2.05) is 0 Å². The predicted molar refractivity (Wildman–Crippen MR) is 66.4 cm³/mol. The summed E-state index contributed by atoms with van der Waals surface area (Å²) in [5.41, 5.74) is 1.53. The van der Waals surface area contributed by atoms with Crippen LogP contribution >= 0.6 is 0 Å². The van der Waals surface area contributed by atoms with E-state index in [2.05, 4.69) is 20.5 Å². The van der Waals surface area contributed by atoms with Crippen molar-refractivity contribution in [1.82, 2.24) is 15.2 Å². The molecule has 1 aliphatic carbocycles. The number of nitrogens with zero attached hydrogens (tertiary/aromatic N) is 3. The first-order chi connectivity index (χ1) is 8.81. The molecule has 0 aliphatic heterocycles. The summed E-state index contributed by atoms with van der Waals surface area (Å²) >= 11 is 0. The summed E-state index contributed by atoms with van der Waals surface area (Å²) < 4.78 is 12.8. The van der Waals surface area contributed by atoms with E-state index in [4.69, 9.17) is 0 Å². The first kappa shape index (κ1) is 11.1. The van der Waals surface area contributed by atoms with Gasteiger partial charge in [0.25, 0.3) is 0 Å². The van der Waals surface area contributed by atoms with Crippen LogP contribution in [-0.4, -0.2) is 21.7 Å². The Hall–Kier alpha value is -2.04. The highest BCUT2D eigenvalue weighted by molar-refractivity contribution is 5.58. The molecule has 3 rings (SSSR count). The highest BCUT2D eigenvalue weighted by Crippen LogP contribution is 2.28. The Balaban J connectivity index is 1.78. The number of nitrogens with one attached hydrogen (secondary N) is 1. The topological polar surface area (TPSA) is 50.7 Å². The van der Waals surface area contributed by atoms with Gasteiger partial charge in [-0.3, -0.25) is 0 Å². The monoisotopic (exact) mass is 244 g/mol. The lowest BCUT2D eigenvalue weighted by Gasteiger charge is -2.04. The smallest absolute Gasteiger partial charge is 0.243 e. The molecule has 1 heterocycles. The van der Waals surface area contributed by atoms with Gasteiger partial charge >= 0.3 is 0 Å². The van der Waals surface area contributed by atoms with Crippen LogP contribution in [0.25, 0.3) is 11.3 Å². The third-order valence-electron chi connectivity index (χ3n) is 2.94. The molecule has 4 nitrogen and oxygen atoms in total. The predicted octanol–water partition coefficient (Wildman–Crippen LogP) is 2.50. The molecule has 0 saturated heterocycles. The van der Waals surface area contributed by atoms with Gasteiger partial charge in [0, 0.05) is 12.1 Å². The van der Waals surface area contributed by atoms with Crippen molar-refractivity contribution in [2.75, 3.05) is 11.9 Å². The largest absolute Gasteiger partial charge is 0.353 e. The van der Waals surface area contributed by atoms with Gasteiger partial charge in [0.1, 0.15) is 5.82 Å². The Bertz CT molecular complexity index is 537. The molecule has 18 heavy (non-hydrogen) atoms. The fourth-order valence-electron chi connectivity index (χ4n) is 1.70. The zero-order chi connectivity index (χ0) is 12.4. The SMILES string of the molecule is Fc1ccc(-c2cnnc(NCC3CC3)n2)cc1.